The van der Waals surface area contributed by atoms with Crippen LogP contribution >= 0.6 is 0 Å². The van der Waals surface area contributed by atoms with E-state index in [0.717, 1.165) is 37.0 Å². The third-order valence-corrected chi connectivity index (χ3v) is 5.37. The number of nitrogens with one attached hydrogen (secondary N) is 2. The average Bonchev–Trinajstić information content (AvgIpc) is 3.29. The number of pyridine rings is 1. The van der Waals surface area contributed by atoms with Crippen molar-refractivity contribution in [3.05, 3.63) is 30.4 Å². The van der Waals surface area contributed by atoms with Crippen LogP contribution in [0.15, 0.2) is 24.5 Å². The van der Waals surface area contributed by atoms with Crippen molar-refractivity contribution in [1.29, 1.82) is 0 Å². The molecule has 30 heavy (non-hydrogen) atoms. The van der Waals surface area contributed by atoms with Crippen LogP contribution in [0.4, 0.5) is 14.7 Å². The van der Waals surface area contributed by atoms with E-state index in [1.165, 1.54) is 4.57 Å². The number of H-pyrrole nitrogens is 1. The summed E-state index contributed by atoms with van der Waals surface area (Å²) in [5.74, 6) is 1.08. The summed E-state index contributed by atoms with van der Waals surface area (Å²) < 4.78 is 32.8. The van der Waals surface area contributed by atoms with Crippen LogP contribution in [0.1, 0.15) is 18.7 Å². The number of imidazole rings is 1. The van der Waals surface area contributed by atoms with Crippen molar-refractivity contribution < 1.29 is 13.5 Å². The summed E-state index contributed by atoms with van der Waals surface area (Å²) in [6, 6.07) is 3.93. The van der Waals surface area contributed by atoms with Gasteiger partial charge in [-0.25, -0.2) is 23.7 Å². The van der Waals surface area contributed by atoms with Gasteiger partial charge in [-0.1, -0.05) is 0 Å². The molecule has 5 rings (SSSR count). The van der Waals surface area contributed by atoms with Crippen molar-refractivity contribution in [3.63, 3.8) is 0 Å². The first-order valence-electron chi connectivity index (χ1n) is 9.89. The third-order valence-electron chi connectivity index (χ3n) is 5.37. The monoisotopic (exact) mass is 413 g/mol. The predicted octanol–water partition coefficient (Wildman–Crippen LogP) is 3.53. The minimum Gasteiger partial charge on any atom is -0.381 e. The molecule has 1 aliphatic rings. The smallest absolute Gasteiger partial charge is 0.256 e. The fraction of sp³-hybridized carbons (Fsp3) is 0.400. The zero-order chi connectivity index (χ0) is 20.7. The van der Waals surface area contributed by atoms with E-state index < -0.39 is 13.0 Å². The molecule has 0 aliphatic carbocycles. The zero-order valence-corrected chi connectivity index (χ0v) is 16.4. The summed E-state index contributed by atoms with van der Waals surface area (Å²) in [5, 5.41) is 4.17. The van der Waals surface area contributed by atoms with Gasteiger partial charge in [0.1, 0.15) is 17.0 Å². The van der Waals surface area contributed by atoms with Crippen LogP contribution < -0.4 is 5.32 Å². The Bertz CT molecular complexity index is 1200. The first-order valence-corrected chi connectivity index (χ1v) is 9.89. The normalized spacial score (nSPS) is 15.5. The SMILES string of the molecule is Cc1nc2ccc(-c3c[nH]c4nc(NC5CCOCC5)ncc34)nc2n1CC(F)F. The van der Waals surface area contributed by atoms with Crippen molar-refractivity contribution in [1.82, 2.24) is 29.5 Å². The molecule has 8 nitrogen and oxygen atoms in total. The number of hydrogen-bond acceptors (Lipinski definition) is 6. The minimum absolute atomic E-state index is 0.299. The molecular formula is C20H21F2N7O. The highest BCUT2D eigenvalue weighted by Crippen LogP contribution is 2.28. The van der Waals surface area contributed by atoms with Gasteiger partial charge in [0.05, 0.1) is 12.2 Å². The molecule has 156 valence electrons. The largest absolute Gasteiger partial charge is 0.381 e. The van der Waals surface area contributed by atoms with Gasteiger partial charge in [0.2, 0.25) is 5.95 Å². The first kappa shape index (κ1) is 18.9. The number of aromatic nitrogens is 6. The maximum atomic E-state index is 13.0. The van der Waals surface area contributed by atoms with Crippen LogP contribution in [0.2, 0.25) is 0 Å². The number of rotatable bonds is 5. The Morgan fingerprint density at radius 1 is 1.23 bits per heavy atom. The maximum Gasteiger partial charge on any atom is 0.256 e. The van der Waals surface area contributed by atoms with Crippen LogP contribution in [0.5, 0.6) is 0 Å². The molecule has 0 aromatic carbocycles. The minimum atomic E-state index is -2.48. The Morgan fingerprint density at radius 2 is 2.07 bits per heavy atom. The Morgan fingerprint density at radius 3 is 2.87 bits per heavy atom. The van der Waals surface area contributed by atoms with E-state index in [1.807, 2.05) is 12.3 Å². The van der Waals surface area contributed by atoms with Gasteiger partial charge < -0.3 is 19.6 Å². The number of ether oxygens (including phenoxy) is 1. The number of fused-ring (bicyclic) bond motifs is 2. The predicted molar refractivity (Wildman–Crippen MR) is 109 cm³/mol. The molecule has 0 bridgehead atoms. The fourth-order valence-electron chi connectivity index (χ4n) is 3.83. The number of aryl methyl sites for hydroxylation is 1. The summed E-state index contributed by atoms with van der Waals surface area (Å²) in [7, 11) is 0. The number of nitrogens with zero attached hydrogens (tertiary/aromatic N) is 5. The van der Waals surface area contributed by atoms with E-state index in [9.17, 15) is 8.78 Å². The second-order valence-electron chi connectivity index (χ2n) is 7.39. The summed E-state index contributed by atoms with van der Waals surface area (Å²) in [6.07, 6.45) is 2.94. The molecule has 1 saturated heterocycles. The topological polar surface area (TPSA) is 93.5 Å². The van der Waals surface area contributed by atoms with E-state index in [2.05, 4.69) is 30.2 Å². The number of anilines is 1. The third kappa shape index (κ3) is 3.47. The molecule has 0 spiro atoms. The number of hydrogen-bond donors (Lipinski definition) is 2. The standard InChI is InChI=1S/C20H21F2N7O/c1-11-25-16-3-2-15(27-19(16)29(11)10-17(21)22)13-8-23-18-14(13)9-24-20(28-18)26-12-4-6-30-7-5-12/h2-3,8-9,12,17H,4-7,10H2,1H3,(H2,23,24,26,28). The van der Waals surface area contributed by atoms with Gasteiger partial charge in [-0.2, -0.15) is 4.98 Å². The highest BCUT2D eigenvalue weighted by atomic mass is 19.3. The zero-order valence-electron chi connectivity index (χ0n) is 16.4. The van der Waals surface area contributed by atoms with Crippen LogP contribution in [-0.4, -0.2) is 55.2 Å². The molecular weight excluding hydrogens is 392 g/mol. The van der Waals surface area contributed by atoms with Crippen molar-refractivity contribution >= 4 is 28.1 Å². The Balaban J connectivity index is 1.49. The van der Waals surface area contributed by atoms with Crippen molar-refractivity contribution in [2.24, 2.45) is 0 Å². The number of aromatic amines is 1. The Labute approximate surface area is 170 Å². The van der Waals surface area contributed by atoms with Gasteiger partial charge >= 0.3 is 0 Å². The molecule has 0 saturated carbocycles. The van der Waals surface area contributed by atoms with Crippen molar-refractivity contribution in [2.45, 2.75) is 38.8 Å². The fourth-order valence-corrected chi connectivity index (χ4v) is 3.83. The summed E-state index contributed by atoms with van der Waals surface area (Å²) in [4.78, 5) is 21.2. The van der Waals surface area contributed by atoms with Crippen LogP contribution in [0, 0.1) is 6.92 Å². The molecule has 1 aliphatic heterocycles. The van der Waals surface area contributed by atoms with E-state index in [4.69, 9.17) is 4.74 Å². The van der Waals surface area contributed by atoms with Gasteiger partial charge in [0.15, 0.2) is 5.65 Å². The van der Waals surface area contributed by atoms with Crippen molar-refractivity contribution in [2.75, 3.05) is 18.5 Å². The molecule has 4 aromatic rings. The lowest BCUT2D eigenvalue weighted by Crippen LogP contribution is -2.28. The summed E-state index contributed by atoms with van der Waals surface area (Å²) in [5.41, 5.74) is 3.19. The lowest BCUT2D eigenvalue weighted by Gasteiger charge is -2.22. The molecule has 1 fully saturated rings. The Kier molecular flexibility index (Phi) is 4.78. The van der Waals surface area contributed by atoms with Gasteiger partial charge in [0.25, 0.3) is 6.43 Å². The van der Waals surface area contributed by atoms with Crippen LogP contribution in [0.25, 0.3) is 33.5 Å². The van der Waals surface area contributed by atoms with Gasteiger partial charge in [0, 0.05) is 42.6 Å². The molecule has 10 heteroatoms. The first-order chi connectivity index (χ1) is 14.6. The van der Waals surface area contributed by atoms with Crippen molar-refractivity contribution in [3.8, 4) is 11.3 Å². The molecule has 2 N–H and O–H groups in total. The van der Waals surface area contributed by atoms with E-state index in [-0.39, 0.29) is 0 Å². The van der Waals surface area contributed by atoms with Gasteiger partial charge in [-0.3, -0.25) is 0 Å². The van der Waals surface area contributed by atoms with Crippen LogP contribution in [-0.2, 0) is 11.3 Å². The maximum absolute atomic E-state index is 13.0. The highest BCUT2D eigenvalue weighted by Gasteiger charge is 2.18. The number of halogens is 2. The summed E-state index contributed by atoms with van der Waals surface area (Å²) >= 11 is 0. The second-order valence-corrected chi connectivity index (χ2v) is 7.39. The molecule has 0 radical (unpaired) electrons. The molecule has 0 unspecified atom stereocenters. The molecule has 5 heterocycles. The molecule has 0 amide bonds. The molecule has 4 aromatic heterocycles. The quantitative estimate of drug-likeness (QED) is 0.520. The lowest BCUT2D eigenvalue weighted by molar-refractivity contribution is 0.0903. The van der Waals surface area contributed by atoms with Crippen LogP contribution in [0.3, 0.4) is 0 Å². The Hall–Kier alpha value is -3.14. The summed E-state index contributed by atoms with van der Waals surface area (Å²) in [6.45, 7) is 2.75. The average molecular weight is 413 g/mol. The number of alkyl halides is 2. The lowest BCUT2D eigenvalue weighted by atomic mass is 10.1. The second kappa shape index (κ2) is 7.60. The van der Waals surface area contributed by atoms with E-state index >= 15 is 0 Å². The van der Waals surface area contributed by atoms with E-state index in [0.29, 0.717) is 40.3 Å². The van der Waals surface area contributed by atoms with E-state index in [1.54, 1.807) is 19.2 Å². The molecule has 0 atom stereocenters. The highest BCUT2D eigenvalue weighted by molar-refractivity contribution is 5.93. The van der Waals surface area contributed by atoms with Gasteiger partial charge in [-0.15, -0.1) is 0 Å². The van der Waals surface area contributed by atoms with Gasteiger partial charge in [-0.05, 0) is 31.9 Å².